The van der Waals surface area contributed by atoms with E-state index in [0.29, 0.717) is 6.61 Å². The fourth-order valence-electron chi connectivity index (χ4n) is 3.04. The van der Waals surface area contributed by atoms with Gasteiger partial charge in [0.2, 0.25) is 0 Å². The van der Waals surface area contributed by atoms with Crippen LogP contribution in [0.4, 0.5) is 0 Å². The maximum Gasteiger partial charge on any atom is 0.335 e. The summed E-state index contributed by atoms with van der Waals surface area (Å²) >= 11 is 0. The minimum Gasteiger partial charge on any atom is -0.464 e. The van der Waals surface area contributed by atoms with Crippen LogP contribution in [0, 0.1) is 5.41 Å². The third-order valence-corrected chi connectivity index (χ3v) is 4.13. The molecular formula is C13H22O4. The van der Waals surface area contributed by atoms with Crippen LogP contribution in [0.25, 0.3) is 0 Å². The van der Waals surface area contributed by atoms with Gasteiger partial charge in [0.15, 0.2) is 11.9 Å². The SMILES string of the molecule is CCOC(=O)C(C)O[C@]12CCCC1(C)CCO2. The predicted molar refractivity (Wildman–Crippen MR) is 62.4 cm³/mol. The van der Waals surface area contributed by atoms with Crippen LogP contribution in [-0.4, -0.2) is 31.1 Å². The maximum absolute atomic E-state index is 11.6. The van der Waals surface area contributed by atoms with E-state index >= 15 is 0 Å². The van der Waals surface area contributed by atoms with Crippen LogP contribution >= 0.6 is 0 Å². The van der Waals surface area contributed by atoms with E-state index in [2.05, 4.69) is 6.92 Å². The van der Waals surface area contributed by atoms with Gasteiger partial charge < -0.3 is 14.2 Å². The van der Waals surface area contributed by atoms with Crippen molar-refractivity contribution < 1.29 is 19.0 Å². The Morgan fingerprint density at radius 3 is 2.88 bits per heavy atom. The Hall–Kier alpha value is -0.610. The number of hydrogen-bond donors (Lipinski definition) is 0. The summed E-state index contributed by atoms with van der Waals surface area (Å²) in [5, 5.41) is 0. The molecule has 2 fully saturated rings. The Bertz CT molecular complexity index is 290. The third-order valence-electron chi connectivity index (χ3n) is 4.13. The molecule has 1 aliphatic heterocycles. The molecule has 0 amide bonds. The van der Waals surface area contributed by atoms with Gasteiger partial charge in [-0.3, -0.25) is 0 Å². The minimum absolute atomic E-state index is 0.0632. The zero-order valence-electron chi connectivity index (χ0n) is 11.0. The Balaban J connectivity index is 2.04. The molecule has 4 heteroatoms. The summed E-state index contributed by atoms with van der Waals surface area (Å²) in [6.07, 6.45) is 3.56. The van der Waals surface area contributed by atoms with Gasteiger partial charge in [-0.15, -0.1) is 0 Å². The van der Waals surface area contributed by atoms with E-state index in [1.807, 2.05) is 0 Å². The Morgan fingerprint density at radius 2 is 2.18 bits per heavy atom. The molecule has 0 aromatic rings. The Morgan fingerprint density at radius 1 is 1.41 bits per heavy atom. The molecule has 0 spiro atoms. The molecule has 17 heavy (non-hydrogen) atoms. The van der Waals surface area contributed by atoms with Crippen molar-refractivity contribution in [1.82, 2.24) is 0 Å². The fourth-order valence-corrected chi connectivity index (χ4v) is 3.04. The molecule has 0 bridgehead atoms. The first-order chi connectivity index (χ1) is 8.03. The number of hydrogen-bond acceptors (Lipinski definition) is 4. The summed E-state index contributed by atoms with van der Waals surface area (Å²) in [7, 11) is 0. The summed E-state index contributed by atoms with van der Waals surface area (Å²) in [5.41, 5.74) is 0.0632. The van der Waals surface area contributed by atoms with Crippen molar-refractivity contribution in [3.63, 3.8) is 0 Å². The highest BCUT2D eigenvalue weighted by Crippen LogP contribution is 2.55. The molecule has 98 valence electrons. The average molecular weight is 242 g/mol. The molecule has 0 N–H and O–H groups in total. The van der Waals surface area contributed by atoms with Crippen LogP contribution in [0.5, 0.6) is 0 Å². The second kappa shape index (κ2) is 4.58. The van der Waals surface area contributed by atoms with Crippen LogP contribution in [-0.2, 0) is 19.0 Å². The van der Waals surface area contributed by atoms with Gasteiger partial charge in [-0.25, -0.2) is 4.79 Å². The van der Waals surface area contributed by atoms with Crippen LogP contribution in [0.3, 0.4) is 0 Å². The molecule has 2 aliphatic rings. The molecule has 2 rings (SSSR count). The monoisotopic (exact) mass is 242 g/mol. The molecule has 1 saturated heterocycles. The van der Waals surface area contributed by atoms with E-state index in [-0.39, 0.29) is 11.4 Å². The number of fused-ring (bicyclic) bond motifs is 1. The van der Waals surface area contributed by atoms with Crippen LogP contribution in [0.15, 0.2) is 0 Å². The van der Waals surface area contributed by atoms with Gasteiger partial charge in [-0.2, -0.15) is 0 Å². The van der Waals surface area contributed by atoms with Crippen LogP contribution in [0.1, 0.15) is 46.5 Å². The van der Waals surface area contributed by atoms with Crippen LogP contribution < -0.4 is 0 Å². The fraction of sp³-hybridized carbons (Fsp3) is 0.923. The zero-order valence-corrected chi connectivity index (χ0v) is 11.0. The molecule has 1 aliphatic carbocycles. The van der Waals surface area contributed by atoms with E-state index in [1.165, 1.54) is 0 Å². The van der Waals surface area contributed by atoms with Gasteiger partial charge >= 0.3 is 5.97 Å². The zero-order chi connectivity index (χ0) is 12.5. The lowest BCUT2D eigenvalue weighted by Crippen LogP contribution is -2.45. The van der Waals surface area contributed by atoms with Gasteiger partial charge in [0.05, 0.1) is 13.2 Å². The summed E-state index contributed by atoms with van der Waals surface area (Å²) in [4.78, 5) is 11.6. The van der Waals surface area contributed by atoms with Gasteiger partial charge in [-0.05, 0) is 33.1 Å². The highest BCUT2D eigenvalue weighted by molar-refractivity contribution is 5.74. The normalized spacial score (nSPS) is 37.8. The molecule has 3 atom stereocenters. The minimum atomic E-state index is -0.556. The predicted octanol–water partition coefficient (Wildman–Crippen LogP) is 2.26. The lowest BCUT2D eigenvalue weighted by Gasteiger charge is -2.37. The second-order valence-electron chi connectivity index (χ2n) is 5.28. The van der Waals surface area contributed by atoms with Crippen LogP contribution in [0.2, 0.25) is 0 Å². The first kappa shape index (κ1) is 12.8. The first-order valence-electron chi connectivity index (χ1n) is 6.51. The summed E-state index contributed by atoms with van der Waals surface area (Å²) in [6, 6.07) is 0. The molecule has 1 saturated carbocycles. The molecule has 0 aromatic carbocycles. The van der Waals surface area contributed by atoms with E-state index in [4.69, 9.17) is 14.2 Å². The first-order valence-corrected chi connectivity index (χ1v) is 6.51. The molecule has 0 aromatic heterocycles. The molecule has 4 nitrogen and oxygen atoms in total. The summed E-state index contributed by atoms with van der Waals surface area (Å²) < 4.78 is 16.8. The lowest BCUT2D eigenvalue weighted by atomic mass is 9.83. The number of carbonyl (C=O) groups is 1. The standard InChI is InChI=1S/C13H22O4/c1-4-15-11(14)10(2)17-13-7-5-6-12(13,3)8-9-16-13/h10H,4-9H2,1-3H3/t10?,12?,13-/m1/s1. The Kier molecular flexibility index (Phi) is 3.46. The lowest BCUT2D eigenvalue weighted by molar-refractivity contribution is -0.264. The molecular weight excluding hydrogens is 220 g/mol. The quantitative estimate of drug-likeness (QED) is 0.709. The van der Waals surface area contributed by atoms with Crippen molar-refractivity contribution >= 4 is 5.97 Å². The Labute approximate surface area is 103 Å². The highest BCUT2D eigenvalue weighted by atomic mass is 16.7. The van der Waals surface area contributed by atoms with Crippen molar-refractivity contribution in [2.75, 3.05) is 13.2 Å². The van der Waals surface area contributed by atoms with E-state index in [0.717, 1.165) is 32.3 Å². The van der Waals surface area contributed by atoms with Crippen molar-refractivity contribution in [2.24, 2.45) is 5.41 Å². The van der Waals surface area contributed by atoms with Crippen molar-refractivity contribution in [1.29, 1.82) is 0 Å². The van der Waals surface area contributed by atoms with E-state index < -0.39 is 11.9 Å². The topological polar surface area (TPSA) is 44.8 Å². The third kappa shape index (κ3) is 2.08. The van der Waals surface area contributed by atoms with Crippen molar-refractivity contribution in [3.05, 3.63) is 0 Å². The van der Waals surface area contributed by atoms with Gasteiger partial charge in [-0.1, -0.05) is 6.92 Å². The van der Waals surface area contributed by atoms with E-state index in [1.54, 1.807) is 13.8 Å². The second-order valence-corrected chi connectivity index (χ2v) is 5.28. The van der Waals surface area contributed by atoms with E-state index in [9.17, 15) is 4.79 Å². The van der Waals surface area contributed by atoms with Gasteiger partial charge in [0.25, 0.3) is 0 Å². The maximum atomic E-state index is 11.6. The van der Waals surface area contributed by atoms with Gasteiger partial charge in [0.1, 0.15) is 0 Å². The molecule has 2 unspecified atom stereocenters. The smallest absolute Gasteiger partial charge is 0.335 e. The number of carbonyl (C=O) groups excluding carboxylic acids is 1. The van der Waals surface area contributed by atoms with Gasteiger partial charge in [0, 0.05) is 11.8 Å². The summed E-state index contributed by atoms with van der Waals surface area (Å²) in [5.74, 6) is -0.856. The largest absolute Gasteiger partial charge is 0.464 e. The number of ether oxygens (including phenoxy) is 3. The van der Waals surface area contributed by atoms with Crippen molar-refractivity contribution in [2.45, 2.75) is 58.3 Å². The number of rotatable bonds is 4. The summed E-state index contributed by atoms with van der Waals surface area (Å²) in [6.45, 7) is 6.86. The highest BCUT2D eigenvalue weighted by Gasteiger charge is 2.58. The molecule has 1 heterocycles. The van der Waals surface area contributed by atoms with Crippen molar-refractivity contribution in [3.8, 4) is 0 Å². The molecule has 0 radical (unpaired) electrons. The average Bonchev–Trinajstić information content (AvgIpc) is 2.71. The number of esters is 1.